The molecule has 1 nitrogen and oxygen atoms in total. The van der Waals surface area contributed by atoms with E-state index in [0.29, 0.717) is 6.04 Å². The van der Waals surface area contributed by atoms with Crippen molar-refractivity contribution in [3.05, 3.63) is 33.5 Å². The fourth-order valence-electron chi connectivity index (χ4n) is 1.71. The maximum atomic E-state index is 13.4. The Kier molecular flexibility index (Phi) is 2.39. The summed E-state index contributed by atoms with van der Waals surface area (Å²) in [4.78, 5) is 0. The van der Waals surface area contributed by atoms with Gasteiger partial charge in [0.15, 0.2) is 0 Å². The van der Waals surface area contributed by atoms with E-state index < -0.39 is 0 Å². The maximum absolute atomic E-state index is 13.4. The van der Waals surface area contributed by atoms with Gasteiger partial charge >= 0.3 is 0 Å². The standard InChI is InChI=1S/C10H11BrFN/c1-6-2-9-7(5-13-6)3-8(11)4-10(9)12/h3-4,6,13H,2,5H2,1H3. The van der Waals surface area contributed by atoms with E-state index in [0.717, 1.165) is 28.6 Å². The fraction of sp³-hybridized carbons (Fsp3) is 0.400. The molecular weight excluding hydrogens is 233 g/mol. The van der Waals surface area contributed by atoms with Gasteiger partial charge in [0.2, 0.25) is 0 Å². The van der Waals surface area contributed by atoms with Crippen LogP contribution in [0.5, 0.6) is 0 Å². The molecule has 2 rings (SSSR count). The minimum absolute atomic E-state index is 0.0854. The van der Waals surface area contributed by atoms with E-state index >= 15 is 0 Å². The lowest BCUT2D eigenvalue weighted by atomic mass is 9.96. The first-order valence-corrected chi connectivity index (χ1v) is 5.16. The maximum Gasteiger partial charge on any atom is 0.127 e. The van der Waals surface area contributed by atoms with Crippen molar-refractivity contribution in [2.45, 2.75) is 25.9 Å². The first-order chi connectivity index (χ1) is 6.16. The molecule has 13 heavy (non-hydrogen) atoms. The number of hydrogen-bond donors (Lipinski definition) is 1. The Morgan fingerprint density at radius 2 is 2.31 bits per heavy atom. The van der Waals surface area contributed by atoms with Gasteiger partial charge in [-0.3, -0.25) is 0 Å². The summed E-state index contributed by atoms with van der Waals surface area (Å²) < 4.78 is 14.3. The van der Waals surface area contributed by atoms with Crippen LogP contribution in [-0.2, 0) is 13.0 Å². The predicted octanol–water partition coefficient (Wildman–Crippen LogP) is 2.62. The summed E-state index contributed by atoms with van der Waals surface area (Å²) >= 11 is 3.29. The van der Waals surface area contributed by atoms with Gasteiger partial charge in [-0.15, -0.1) is 0 Å². The molecule has 0 bridgehead atoms. The molecule has 1 aromatic rings. The third kappa shape index (κ3) is 1.76. The van der Waals surface area contributed by atoms with E-state index in [1.165, 1.54) is 6.07 Å². The van der Waals surface area contributed by atoms with Crippen molar-refractivity contribution < 1.29 is 4.39 Å². The summed E-state index contributed by atoms with van der Waals surface area (Å²) in [6, 6.07) is 3.90. The molecule has 0 aliphatic carbocycles. The third-order valence-corrected chi connectivity index (χ3v) is 2.86. The zero-order valence-corrected chi connectivity index (χ0v) is 8.99. The molecule has 1 N–H and O–H groups in total. The van der Waals surface area contributed by atoms with Gasteiger partial charge in [-0.1, -0.05) is 15.9 Å². The van der Waals surface area contributed by atoms with Gasteiger partial charge in [0, 0.05) is 17.1 Å². The van der Waals surface area contributed by atoms with Crippen molar-refractivity contribution in [2.24, 2.45) is 0 Å². The minimum Gasteiger partial charge on any atom is -0.310 e. The molecule has 0 aromatic heterocycles. The van der Waals surface area contributed by atoms with Crippen LogP contribution in [0.3, 0.4) is 0 Å². The van der Waals surface area contributed by atoms with Crippen molar-refractivity contribution >= 4 is 15.9 Å². The van der Waals surface area contributed by atoms with Crippen LogP contribution in [0.1, 0.15) is 18.1 Å². The first kappa shape index (κ1) is 9.16. The number of halogens is 2. The largest absolute Gasteiger partial charge is 0.310 e. The quantitative estimate of drug-likeness (QED) is 0.739. The summed E-state index contributed by atoms with van der Waals surface area (Å²) in [5, 5.41) is 3.31. The van der Waals surface area contributed by atoms with Crippen molar-refractivity contribution in [3.8, 4) is 0 Å². The molecule has 0 saturated carbocycles. The molecule has 0 saturated heterocycles. The van der Waals surface area contributed by atoms with Crippen LogP contribution in [0.15, 0.2) is 16.6 Å². The molecular formula is C10H11BrFN. The molecule has 0 fully saturated rings. The van der Waals surface area contributed by atoms with E-state index in [1.54, 1.807) is 0 Å². The van der Waals surface area contributed by atoms with Gasteiger partial charge in [-0.25, -0.2) is 4.39 Å². The second kappa shape index (κ2) is 3.39. The van der Waals surface area contributed by atoms with Gasteiger partial charge in [0.25, 0.3) is 0 Å². The highest BCUT2D eigenvalue weighted by molar-refractivity contribution is 9.10. The van der Waals surface area contributed by atoms with Crippen LogP contribution in [0.25, 0.3) is 0 Å². The lowest BCUT2D eigenvalue weighted by molar-refractivity contribution is 0.489. The van der Waals surface area contributed by atoms with Gasteiger partial charge < -0.3 is 5.32 Å². The molecule has 0 spiro atoms. The van der Waals surface area contributed by atoms with Crippen molar-refractivity contribution in [1.82, 2.24) is 5.32 Å². The smallest absolute Gasteiger partial charge is 0.127 e. The molecule has 0 radical (unpaired) electrons. The van der Waals surface area contributed by atoms with E-state index in [9.17, 15) is 4.39 Å². The van der Waals surface area contributed by atoms with Crippen molar-refractivity contribution in [1.29, 1.82) is 0 Å². The normalized spacial score (nSPS) is 21.3. The van der Waals surface area contributed by atoms with Crippen LogP contribution in [0, 0.1) is 5.82 Å². The van der Waals surface area contributed by atoms with Gasteiger partial charge in [0.1, 0.15) is 5.82 Å². The van der Waals surface area contributed by atoms with Crippen LogP contribution in [-0.4, -0.2) is 6.04 Å². The average Bonchev–Trinajstić information content (AvgIpc) is 2.06. The van der Waals surface area contributed by atoms with Crippen molar-refractivity contribution in [2.75, 3.05) is 0 Å². The lowest BCUT2D eigenvalue weighted by Crippen LogP contribution is -2.33. The van der Waals surface area contributed by atoms with Gasteiger partial charge in [-0.05, 0) is 36.6 Å². The van der Waals surface area contributed by atoms with Crippen LogP contribution >= 0.6 is 15.9 Å². The zero-order valence-electron chi connectivity index (χ0n) is 7.40. The third-order valence-electron chi connectivity index (χ3n) is 2.40. The molecule has 1 aliphatic heterocycles. The Bertz CT molecular complexity index is 338. The molecule has 1 aromatic carbocycles. The van der Waals surface area contributed by atoms with E-state index in [-0.39, 0.29) is 5.82 Å². The lowest BCUT2D eigenvalue weighted by Gasteiger charge is -2.23. The summed E-state index contributed by atoms with van der Waals surface area (Å²) in [5.41, 5.74) is 1.94. The molecule has 0 amide bonds. The average molecular weight is 244 g/mol. The number of hydrogen-bond acceptors (Lipinski definition) is 1. The Hall–Kier alpha value is -0.410. The first-order valence-electron chi connectivity index (χ1n) is 4.37. The summed E-state index contributed by atoms with van der Waals surface area (Å²) in [6.45, 7) is 2.84. The predicted molar refractivity (Wildman–Crippen MR) is 54.1 cm³/mol. The van der Waals surface area contributed by atoms with Gasteiger partial charge in [-0.2, -0.15) is 0 Å². The van der Waals surface area contributed by atoms with Crippen LogP contribution < -0.4 is 5.32 Å². The second-order valence-electron chi connectivity index (χ2n) is 3.51. The molecule has 1 unspecified atom stereocenters. The molecule has 1 atom stereocenters. The highest BCUT2D eigenvalue weighted by atomic mass is 79.9. The van der Waals surface area contributed by atoms with Crippen LogP contribution in [0.4, 0.5) is 4.39 Å². The Morgan fingerprint density at radius 1 is 1.54 bits per heavy atom. The molecule has 70 valence electrons. The monoisotopic (exact) mass is 243 g/mol. The SMILES string of the molecule is CC1Cc2c(F)cc(Br)cc2CN1. The van der Waals surface area contributed by atoms with Crippen molar-refractivity contribution in [3.63, 3.8) is 0 Å². The van der Waals surface area contributed by atoms with Gasteiger partial charge in [0.05, 0.1) is 0 Å². The van der Waals surface area contributed by atoms with E-state index in [2.05, 4.69) is 28.2 Å². The van der Waals surface area contributed by atoms with E-state index in [4.69, 9.17) is 0 Å². The summed E-state index contributed by atoms with van der Waals surface area (Å²) in [6.07, 6.45) is 0.786. The number of nitrogens with one attached hydrogen (secondary N) is 1. The minimum atomic E-state index is -0.0854. The highest BCUT2D eigenvalue weighted by Gasteiger charge is 2.18. The van der Waals surface area contributed by atoms with E-state index in [1.807, 2.05) is 6.07 Å². The number of fused-ring (bicyclic) bond motifs is 1. The molecule has 3 heteroatoms. The number of benzene rings is 1. The zero-order chi connectivity index (χ0) is 9.42. The fourth-order valence-corrected chi connectivity index (χ4v) is 2.18. The molecule has 1 heterocycles. The summed E-state index contributed by atoms with van der Waals surface area (Å²) in [5.74, 6) is -0.0854. The topological polar surface area (TPSA) is 12.0 Å². The second-order valence-corrected chi connectivity index (χ2v) is 4.43. The molecule has 1 aliphatic rings. The Labute approximate surface area is 85.5 Å². The summed E-state index contributed by atoms with van der Waals surface area (Å²) in [7, 11) is 0. The Balaban J connectivity index is 2.47. The van der Waals surface area contributed by atoms with Crippen LogP contribution in [0.2, 0.25) is 0 Å². The highest BCUT2D eigenvalue weighted by Crippen LogP contribution is 2.24. The Morgan fingerprint density at radius 3 is 3.08 bits per heavy atom. The number of rotatable bonds is 0.